The van der Waals surface area contributed by atoms with Crippen LogP contribution in [-0.2, 0) is 7.05 Å². The zero-order valence-electron chi connectivity index (χ0n) is 7.55. The molecule has 1 heterocycles. The summed E-state index contributed by atoms with van der Waals surface area (Å²) in [4.78, 5) is 0. The number of nitrogens with zero attached hydrogens (tertiary/aromatic N) is 1. The standard InChI is InChI=1S/C9H14N.H2O/c1-7-5-8(2)9(3)10(4)6-7;/h5-6H,1-4H3;1H2/q+1;/p-1. The van der Waals surface area contributed by atoms with Crippen LogP contribution in [0.2, 0.25) is 0 Å². The largest absolute Gasteiger partial charge is 0.870 e. The Balaban J connectivity index is 0.000001000. The van der Waals surface area contributed by atoms with E-state index in [-0.39, 0.29) is 5.48 Å². The lowest BCUT2D eigenvalue weighted by Crippen LogP contribution is -2.32. The molecular formula is C9H15NO. The first-order valence-electron chi connectivity index (χ1n) is 3.55. The van der Waals surface area contributed by atoms with Crippen LogP contribution >= 0.6 is 0 Å². The zero-order valence-corrected chi connectivity index (χ0v) is 7.55. The van der Waals surface area contributed by atoms with Crippen LogP contribution in [-0.4, -0.2) is 5.48 Å². The predicted octanol–water partition coefficient (Wildman–Crippen LogP) is 1.26. The molecule has 1 aromatic heterocycles. The van der Waals surface area contributed by atoms with E-state index in [9.17, 15) is 0 Å². The maximum Gasteiger partial charge on any atom is 0.180 e. The summed E-state index contributed by atoms with van der Waals surface area (Å²) in [5.41, 5.74) is 4.03. The molecule has 2 heteroatoms. The van der Waals surface area contributed by atoms with Gasteiger partial charge in [-0.3, -0.25) is 0 Å². The van der Waals surface area contributed by atoms with E-state index in [4.69, 9.17) is 0 Å². The molecule has 0 fully saturated rings. The molecule has 0 aliphatic heterocycles. The topological polar surface area (TPSA) is 33.9 Å². The van der Waals surface area contributed by atoms with Gasteiger partial charge in [-0.2, -0.15) is 0 Å². The molecule has 11 heavy (non-hydrogen) atoms. The number of hydrogen-bond donors (Lipinski definition) is 0. The van der Waals surface area contributed by atoms with Crippen molar-refractivity contribution in [3.05, 3.63) is 29.1 Å². The minimum Gasteiger partial charge on any atom is -0.870 e. The molecular weight excluding hydrogens is 138 g/mol. The summed E-state index contributed by atoms with van der Waals surface area (Å²) in [5.74, 6) is 0. The third-order valence-corrected chi connectivity index (χ3v) is 1.94. The molecule has 0 saturated carbocycles. The van der Waals surface area contributed by atoms with Crippen molar-refractivity contribution in [2.75, 3.05) is 0 Å². The van der Waals surface area contributed by atoms with E-state index in [0.717, 1.165) is 0 Å². The maximum absolute atomic E-state index is 2.20. The van der Waals surface area contributed by atoms with Crippen LogP contribution in [0.3, 0.4) is 0 Å². The molecule has 0 spiro atoms. The summed E-state index contributed by atoms with van der Waals surface area (Å²) in [5, 5.41) is 0. The lowest BCUT2D eigenvalue weighted by Gasteiger charge is -1.98. The number of aryl methyl sites for hydroxylation is 3. The van der Waals surface area contributed by atoms with E-state index in [2.05, 4.69) is 44.6 Å². The average molecular weight is 153 g/mol. The Morgan fingerprint density at radius 2 is 1.73 bits per heavy atom. The maximum atomic E-state index is 2.20. The number of aromatic nitrogens is 1. The van der Waals surface area contributed by atoms with Crippen LogP contribution in [0.1, 0.15) is 16.8 Å². The molecule has 0 aliphatic rings. The fraction of sp³-hybridized carbons (Fsp3) is 0.444. The van der Waals surface area contributed by atoms with Crippen molar-refractivity contribution in [3.8, 4) is 0 Å². The molecule has 1 N–H and O–H groups in total. The second-order valence-electron chi connectivity index (χ2n) is 2.90. The Hall–Kier alpha value is -0.890. The summed E-state index contributed by atoms with van der Waals surface area (Å²) in [7, 11) is 2.08. The van der Waals surface area contributed by atoms with Crippen molar-refractivity contribution in [2.45, 2.75) is 20.8 Å². The number of pyridine rings is 1. The summed E-state index contributed by atoms with van der Waals surface area (Å²) in [6.45, 7) is 6.39. The van der Waals surface area contributed by atoms with Crippen LogP contribution in [0.15, 0.2) is 12.3 Å². The molecule has 0 radical (unpaired) electrons. The predicted molar refractivity (Wildman–Crippen MR) is 43.8 cm³/mol. The Morgan fingerprint density at radius 1 is 1.18 bits per heavy atom. The molecule has 1 aromatic rings. The molecule has 0 aromatic carbocycles. The third kappa shape index (κ3) is 2.02. The van der Waals surface area contributed by atoms with Gasteiger partial charge in [0.2, 0.25) is 0 Å². The zero-order chi connectivity index (χ0) is 7.72. The van der Waals surface area contributed by atoms with E-state index in [1.54, 1.807) is 0 Å². The van der Waals surface area contributed by atoms with Gasteiger partial charge >= 0.3 is 0 Å². The minimum absolute atomic E-state index is 0. The number of rotatable bonds is 0. The first-order chi connectivity index (χ1) is 4.61. The van der Waals surface area contributed by atoms with Crippen molar-refractivity contribution in [1.82, 2.24) is 0 Å². The van der Waals surface area contributed by atoms with Crippen LogP contribution in [0.5, 0.6) is 0 Å². The van der Waals surface area contributed by atoms with Crippen molar-refractivity contribution in [3.63, 3.8) is 0 Å². The molecule has 0 unspecified atom stereocenters. The summed E-state index contributed by atoms with van der Waals surface area (Å²) < 4.78 is 2.16. The summed E-state index contributed by atoms with van der Waals surface area (Å²) >= 11 is 0. The van der Waals surface area contributed by atoms with Crippen molar-refractivity contribution >= 4 is 0 Å². The lowest BCUT2D eigenvalue weighted by atomic mass is 10.2. The second kappa shape index (κ2) is 3.49. The Bertz CT molecular complexity index is 233. The highest BCUT2D eigenvalue weighted by Gasteiger charge is 2.03. The van der Waals surface area contributed by atoms with Gasteiger partial charge in [0, 0.05) is 18.1 Å². The normalized spacial score (nSPS) is 9.09. The SMILES string of the molecule is Cc1cc(C)c(C)[n+](C)c1.[OH-]. The summed E-state index contributed by atoms with van der Waals surface area (Å²) in [6, 6.07) is 2.20. The van der Waals surface area contributed by atoms with Gasteiger partial charge in [0.1, 0.15) is 7.05 Å². The van der Waals surface area contributed by atoms with Gasteiger partial charge in [-0.1, -0.05) is 0 Å². The molecule has 0 aliphatic carbocycles. The number of hydrogen-bond acceptors (Lipinski definition) is 1. The average Bonchev–Trinajstić information content (AvgIpc) is 1.82. The molecule has 0 bridgehead atoms. The van der Waals surface area contributed by atoms with Crippen LogP contribution in [0, 0.1) is 20.8 Å². The first-order valence-corrected chi connectivity index (χ1v) is 3.55. The van der Waals surface area contributed by atoms with E-state index in [1.807, 2.05) is 0 Å². The Labute approximate surface area is 67.8 Å². The van der Waals surface area contributed by atoms with Gasteiger partial charge in [0.05, 0.1) is 0 Å². The minimum atomic E-state index is 0. The van der Waals surface area contributed by atoms with Crippen molar-refractivity contribution in [1.29, 1.82) is 0 Å². The Morgan fingerprint density at radius 3 is 2.18 bits per heavy atom. The fourth-order valence-corrected chi connectivity index (χ4v) is 1.16. The monoisotopic (exact) mass is 153 g/mol. The molecule has 0 saturated heterocycles. The van der Waals surface area contributed by atoms with Gasteiger partial charge in [-0.05, 0) is 19.9 Å². The van der Waals surface area contributed by atoms with E-state index >= 15 is 0 Å². The van der Waals surface area contributed by atoms with Gasteiger partial charge < -0.3 is 5.48 Å². The molecule has 2 nitrogen and oxygen atoms in total. The second-order valence-corrected chi connectivity index (χ2v) is 2.90. The van der Waals surface area contributed by atoms with E-state index < -0.39 is 0 Å². The van der Waals surface area contributed by atoms with Crippen LogP contribution < -0.4 is 4.57 Å². The highest BCUT2D eigenvalue weighted by atomic mass is 16.0. The molecule has 1 rings (SSSR count). The van der Waals surface area contributed by atoms with Crippen molar-refractivity contribution in [2.24, 2.45) is 7.05 Å². The highest BCUT2D eigenvalue weighted by Crippen LogP contribution is 2.02. The third-order valence-electron chi connectivity index (χ3n) is 1.94. The smallest absolute Gasteiger partial charge is 0.180 e. The molecule has 0 amide bonds. The van der Waals surface area contributed by atoms with Crippen LogP contribution in [0.4, 0.5) is 0 Å². The highest BCUT2D eigenvalue weighted by molar-refractivity contribution is 5.17. The summed E-state index contributed by atoms with van der Waals surface area (Å²) in [6.07, 6.45) is 2.14. The quantitative estimate of drug-likeness (QED) is 0.516. The molecule has 0 atom stereocenters. The van der Waals surface area contributed by atoms with E-state index in [0.29, 0.717) is 0 Å². The first kappa shape index (κ1) is 10.1. The molecule has 62 valence electrons. The van der Waals surface area contributed by atoms with Gasteiger partial charge in [-0.25, -0.2) is 4.57 Å². The Kier molecular flexibility index (Phi) is 3.20. The van der Waals surface area contributed by atoms with Crippen LogP contribution in [0.25, 0.3) is 0 Å². The van der Waals surface area contributed by atoms with Gasteiger partial charge in [0.15, 0.2) is 11.9 Å². The van der Waals surface area contributed by atoms with E-state index in [1.165, 1.54) is 16.8 Å². The van der Waals surface area contributed by atoms with Gasteiger partial charge in [-0.15, -0.1) is 0 Å². The lowest BCUT2D eigenvalue weighted by molar-refractivity contribution is -0.678. The van der Waals surface area contributed by atoms with Gasteiger partial charge in [0.25, 0.3) is 0 Å². The fourth-order valence-electron chi connectivity index (χ4n) is 1.16. The van der Waals surface area contributed by atoms with Crippen molar-refractivity contribution < 1.29 is 10.0 Å².